The lowest BCUT2D eigenvalue weighted by molar-refractivity contribution is -0.121. The average Bonchev–Trinajstić information content (AvgIpc) is 3.27. The van der Waals surface area contributed by atoms with E-state index in [1.807, 2.05) is 42.2 Å². The fourth-order valence-electron chi connectivity index (χ4n) is 4.30. The molecule has 8 heteroatoms. The molecule has 166 valence electrons. The minimum absolute atomic E-state index is 0.122. The maximum absolute atomic E-state index is 13.1. The number of carbonyl (C=O) groups is 1. The second-order valence-electron chi connectivity index (χ2n) is 8.12. The van der Waals surface area contributed by atoms with E-state index in [1.165, 1.54) is 9.87 Å². The van der Waals surface area contributed by atoms with E-state index in [2.05, 4.69) is 5.32 Å². The molecule has 2 aromatic rings. The van der Waals surface area contributed by atoms with Crippen LogP contribution in [-0.4, -0.2) is 62.9 Å². The Kier molecular flexibility index (Phi) is 6.31. The maximum atomic E-state index is 13.1. The van der Waals surface area contributed by atoms with Crippen LogP contribution in [0.1, 0.15) is 24.5 Å². The molecule has 1 fully saturated rings. The zero-order valence-corrected chi connectivity index (χ0v) is 18.8. The number of fused-ring (bicyclic) bond motifs is 1. The molecule has 0 unspecified atom stereocenters. The maximum Gasteiger partial charge on any atom is 0.243 e. The van der Waals surface area contributed by atoms with E-state index in [0.717, 1.165) is 24.8 Å². The van der Waals surface area contributed by atoms with E-state index < -0.39 is 10.0 Å². The topological polar surface area (TPSA) is 79.0 Å². The molecule has 7 nitrogen and oxygen atoms in total. The first-order valence-corrected chi connectivity index (χ1v) is 12.1. The van der Waals surface area contributed by atoms with E-state index in [-0.39, 0.29) is 11.9 Å². The van der Waals surface area contributed by atoms with Crippen LogP contribution >= 0.6 is 0 Å². The van der Waals surface area contributed by atoms with Gasteiger partial charge < -0.3 is 10.1 Å². The first-order chi connectivity index (χ1) is 14.9. The average molecular weight is 444 g/mol. The van der Waals surface area contributed by atoms with Gasteiger partial charge >= 0.3 is 0 Å². The SMILES string of the molecule is COc1cccc(NC(=O)[C@@H](C)N2CCN(S(=O)(=O)c3ccc4c(c3)CCC4)CC2)c1. The molecule has 0 bridgehead atoms. The zero-order valence-electron chi connectivity index (χ0n) is 18.0. The lowest BCUT2D eigenvalue weighted by Gasteiger charge is -2.36. The second-order valence-corrected chi connectivity index (χ2v) is 10.1. The van der Waals surface area contributed by atoms with Gasteiger partial charge in [-0.3, -0.25) is 9.69 Å². The summed E-state index contributed by atoms with van der Waals surface area (Å²) < 4.78 is 33.0. The predicted molar refractivity (Wildman–Crippen MR) is 120 cm³/mol. The van der Waals surface area contributed by atoms with E-state index >= 15 is 0 Å². The fourth-order valence-corrected chi connectivity index (χ4v) is 5.78. The van der Waals surface area contributed by atoms with Gasteiger partial charge in [0.05, 0.1) is 18.0 Å². The van der Waals surface area contributed by atoms with Gasteiger partial charge in [0.15, 0.2) is 0 Å². The number of hydrogen-bond donors (Lipinski definition) is 1. The molecular weight excluding hydrogens is 414 g/mol. The number of ether oxygens (including phenoxy) is 1. The van der Waals surface area contributed by atoms with E-state index in [4.69, 9.17) is 4.74 Å². The molecule has 0 radical (unpaired) electrons. The van der Waals surface area contributed by atoms with Crippen molar-refractivity contribution in [3.8, 4) is 5.75 Å². The van der Waals surface area contributed by atoms with Crippen molar-refractivity contribution in [2.45, 2.75) is 37.1 Å². The van der Waals surface area contributed by atoms with Crippen molar-refractivity contribution in [2.75, 3.05) is 38.6 Å². The first-order valence-electron chi connectivity index (χ1n) is 10.7. The molecule has 1 N–H and O–H groups in total. The number of amides is 1. The monoisotopic (exact) mass is 443 g/mol. The van der Waals surface area contributed by atoms with Crippen molar-refractivity contribution in [3.05, 3.63) is 53.6 Å². The van der Waals surface area contributed by atoms with Crippen molar-refractivity contribution < 1.29 is 17.9 Å². The number of rotatable bonds is 6. The summed E-state index contributed by atoms with van der Waals surface area (Å²) in [6.07, 6.45) is 3.07. The van der Waals surface area contributed by atoms with Gasteiger partial charge in [0.1, 0.15) is 5.75 Å². The Labute approximate surface area is 184 Å². The van der Waals surface area contributed by atoms with Gasteiger partial charge in [0.25, 0.3) is 0 Å². The number of carbonyl (C=O) groups excluding carboxylic acids is 1. The van der Waals surface area contributed by atoms with Crippen molar-refractivity contribution in [2.24, 2.45) is 0 Å². The molecular formula is C23H29N3O4S. The molecule has 0 saturated carbocycles. The minimum atomic E-state index is -3.52. The van der Waals surface area contributed by atoms with Gasteiger partial charge in [-0.15, -0.1) is 0 Å². The summed E-state index contributed by atoms with van der Waals surface area (Å²) in [6, 6.07) is 12.4. The van der Waals surface area contributed by atoms with Crippen LogP contribution < -0.4 is 10.1 Å². The van der Waals surface area contributed by atoms with E-state index in [0.29, 0.717) is 42.5 Å². The lowest BCUT2D eigenvalue weighted by Crippen LogP contribution is -2.53. The van der Waals surface area contributed by atoms with Gasteiger partial charge in [-0.1, -0.05) is 12.1 Å². The van der Waals surface area contributed by atoms with Crippen molar-refractivity contribution in [3.63, 3.8) is 0 Å². The van der Waals surface area contributed by atoms with Crippen LogP contribution in [0.25, 0.3) is 0 Å². The quantitative estimate of drug-likeness (QED) is 0.742. The van der Waals surface area contributed by atoms with E-state index in [9.17, 15) is 13.2 Å². The van der Waals surface area contributed by atoms with Crippen molar-refractivity contribution in [1.82, 2.24) is 9.21 Å². The summed E-state index contributed by atoms with van der Waals surface area (Å²) in [5.41, 5.74) is 3.09. The molecule has 0 aromatic heterocycles. The summed E-state index contributed by atoms with van der Waals surface area (Å²) in [7, 11) is -1.93. The highest BCUT2D eigenvalue weighted by Crippen LogP contribution is 2.27. The smallest absolute Gasteiger partial charge is 0.243 e. The first kappa shape index (κ1) is 21.8. The standard InChI is InChI=1S/C23H29N3O4S/c1-17(23(27)24-20-7-4-8-21(16-20)30-2)25-11-13-26(14-12-25)31(28,29)22-10-9-18-5-3-6-19(18)15-22/h4,7-10,15-17H,3,5-6,11-14H2,1-2H3,(H,24,27)/t17-/m1/s1. The normalized spacial score (nSPS) is 18.4. The molecule has 31 heavy (non-hydrogen) atoms. The number of aryl methyl sites for hydroxylation is 2. The summed E-state index contributed by atoms with van der Waals surface area (Å²) in [5, 5.41) is 2.91. The molecule has 2 aliphatic rings. The molecule has 2 aromatic carbocycles. The van der Waals surface area contributed by atoms with Crippen LogP contribution in [-0.2, 0) is 27.7 Å². The number of hydrogen-bond acceptors (Lipinski definition) is 5. The van der Waals surface area contributed by atoms with Gasteiger partial charge in [0.2, 0.25) is 15.9 Å². The summed E-state index contributed by atoms with van der Waals surface area (Å²) in [6.45, 7) is 3.61. The Morgan fingerprint density at radius 1 is 1.03 bits per heavy atom. The lowest BCUT2D eigenvalue weighted by atomic mass is 10.1. The number of methoxy groups -OCH3 is 1. The third-order valence-electron chi connectivity index (χ3n) is 6.25. The number of nitrogens with zero attached hydrogens (tertiary/aromatic N) is 2. The Hall–Kier alpha value is -2.42. The van der Waals surface area contributed by atoms with Gasteiger partial charge in [0, 0.05) is 37.9 Å². The second kappa shape index (κ2) is 8.98. The van der Waals surface area contributed by atoms with E-state index in [1.54, 1.807) is 19.2 Å². The minimum Gasteiger partial charge on any atom is -0.497 e. The highest BCUT2D eigenvalue weighted by atomic mass is 32.2. The van der Waals surface area contributed by atoms with Crippen molar-refractivity contribution >= 4 is 21.6 Å². The van der Waals surface area contributed by atoms with Gasteiger partial charge in [-0.25, -0.2) is 8.42 Å². The summed E-state index contributed by atoms with van der Waals surface area (Å²) in [4.78, 5) is 15.1. The zero-order chi connectivity index (χ0) is 22.0. The van der Waals surface area contributed by atoms with Crippen LogP contribution in [0.2, 0.25) is 0 Å². The number of nitrogens with one attached hydrogen (secondary N) is 1. The van der Waals surface area contributed by atoms with Crippen LogP contribution in [0, 0.1) is 0 Å². The third-order valence-corrected chi connectivity index (χ3v) is 8.14. The predicted octanol–water partition coefficient (Wildman–Crippen LogP) is 2.52. The Morgan fingerprint density at radius 2 is 1.77 bits per heavy atom. The number of anilines is 1. The number of piperazine rings is 1. The highest BCUT2D eigenvalue weighted by Gasteiger charge is 2.32. The Bertz CT molecular complexity index is 1060. The van der Waals surface area contributed by atoms with Gasteiger partial charge in [-0.2, -0.15) is 4.31 Å². The van der Waals surface area contributed by atoms with Gasteiger partial charge in [-0.05, 0) is 61.6 Å². The third kappa shape index (κ3) is 4.61. The summed E-state index contributed by atoms with van der Waals surface area (Å²) >= 11 is 0. The van der Waals surface area contributed by atoms with Crippen LogP contribution in [0.15, 0.2) is 47.4 Å². The largest absolute Gasteiger partial charge is 0.497 e. The number of benzene rings is 2. The molecule has 1 amide bonds. The van der Waals surface area contributed by atoms with Crippen molar-refractivity contribution in [1.29, 1.82) is 0 Å². The number of sulfonamides is 1. The molecule has 1 heterocycles. The summed E-state index contributed by atoms with van der Waals surface area (Å²) in [5.74, 6) is 0.555. The fraction of sp³-hybridized carbons (Fsp3) is 0.435. The Morgan fingerprint density at radius 3 is 2.52 bits per heavy atom. The molecule has 1 aliphatic heterocycles. The van der Waals surface area contributed by atoms with Crippen LogP contribution in [0.3, 0.4) is 0 Å². The Balaban J connectivity index is 1.36. The molecule has 1 aliphatic carbocycles. The van der Waals surface area contributed by atoms with Crippen LogP contribution in [0.5, 0.6) is 5.75 Å². The molecule has 0 spiro atoms. The molecule has 1 saturated heterocycles. The molecule has 1 atom stereocenters. The molecule has 4 rings (SSSR count). The van der Waals surface area contributed by atoms with Crippen LogP contribution in [0.4, 0.5) is 5.69 Å². The highest BCUT2D eigenvalue weighted by molar-refractivity contribution is 7.89.